The number of rotatable bonds is 6. The molecule has 6 heteroatoms. The Hall–Kier alpha value is -2.37. The Labute approximate surface area is 148 Å². The fraction of sp³-hybridized carbons (Fsp3) is 0.526. The van der Waals surface area contributed by atoms with Crippen molar-refractivity contribution in [3.8, 4) is 0 Å². The van der Waals surface area contributed by atoms with Crippen LogP contribution < -0.4 is 10.2 Å². The van der Waals surface area contributed by atoms with E-state index in [4.69, 9.17) is 0 Å². The molecule has 134 valence electrons. The van der Waals surface area contributed by atoms with Gasteiger partial charge in [0.2, 0.25) is 11.8 Å². The van der Waals surface area contributed by atoms with Crippen molar-refractivity contribution in [2.24, 2.45) is 5.92 Å². The quantitative estimate of drug-likeness (QED) is 0.798. The predicted octanol–water partition coefficient (Wildman–Crippen LogP) is 1.59. The molecule has 0 bridgehead atoms. The largest absolute Gasteiger partial charge is 0.353 e. The standard InChI is InChI=1S/C19H26N4O2/c1-15(16-5-6-16)14-18(24)21-9-7-19(25)23-12-10-22(11-13-23)17-4-2-3-8-20-17/h2-4,8,14,16H,5-7,9-13H2,1H3,(H,21,24)/b15-14+. The molecule has 1 aliphatic carbocycles. The van der Waals surface area contributed by atoms with Crippen LogP contribution in [0.5, 0.6) is 0 Å². The second-order valence-corrected chi connectivity index (χ2v) is 6.76. The van der Waals surface area contributed by atoms with Crippen LogP contribution in [0.15, 0.2) is 36.0 Å². The van der Waals surface area contributed by atoms with E-state index in [1.807, 2.05) is 30.0 Å². The van der Waals surface area contributed by atoms with Crippen molar-refractivity contribution in [3.63, 3.8) is 0 Å². The van der Waals surface area contributed by atoms with Crippen LogP contribution in [0.4, 0.5) is 5.82 Å². The van der Waals surface area contributed by atoms with E-state index < -0.39 is 0 Å². The topological polar surface area (TPSA) is 65.5 Å². The van der Waals surface area contributed by atoms with E-state index in [2.05, 4.69) is 15.2 Å². The number of aromatic nitrogens is 1. The molecule has 1 aliphatic heterocycles. The van der Waals surface area contributed by atoms with Gasteiger partial charge in [0.05, 0.1) is 0 Å². The van der Waals surface area contributed by atoms with Gasteiger partial charge in [-0.1, -0.05) is 11.6 Å². The van der Waals surface area contributed by atoms with Crippen LogP contribution in [0.2, 0.25) is 0 Å². The van der Waals surface area contributed by atoms with Gasteiger partial charge in [0.15, 0.2) is 0 Å². The molecule has 6 nitrogen and oxygen atoms in total. The molecule has 2 heterocycles. The first kappa shape index (κ1) is 17.5. The van der Waals surface area contributed by atoms with E-state index in [0.717, 1.165) is 24.5 Å². The molecule has 1 aromatic heterocycles. The summed E-state index contributed by atoms with van der Waals surface area (Å²) in [5.74, 6) is 1.57. The molecule has 25 heavy (non-hydrogen) atoms. The van der Waals surface area contributed by atoms with Crippen molar-refractivity contribution >= 4 is 17.6 Å². The summed E-state index contributed by atoms with van der Waals surface area (Å²) in [6.07, 6.45) is 6.20. The Balaban J connectivity index is 1.36. The van der Waals surface area contributed by atoms with Crippen LogP contribution in [0.3, 0.4) is 0 Å². The van der Waals surface area contributed by atoms with Gasteiger partial charge in [0.1, 0.15) is 5.82 Å². The lowest BCUT2D eigenvalue weighted by molar-refractivity contribution is -0.131. The van der Waals surface area contributed by atoms with Crippen molar-refractivity contribution in [1.82, 2.24) is 15.2 Å². The van der Waals surface area contributed by atoms with Gasteiger partial charge in [-0.15, -0.1) is 0 Å². The van der Waals surface area contributed by atoms with Gasteiger partial charge in [-0.05, 0) is 37.8 Å². The fourth-order valence-corrected chi connectivity index (χ4v) is 3.09. The number of amides is 2. The molecule has 1 saturated carbocycles. The summed E-state index contributed by atoms with van der Waals surface area (Å²) in [7, 11) is 0. The number of hydrogen-bond donors (Lipinski definition) is 1. The van der Waals surface area contributed by atoms with Crippen LogP contribution in [-0.2, 0) is 9.59 Å². The summed E-state index contributed by atoms with van der Waals surface area (Å²) in [6, 6.07) is 5.87. The van der Waals surface area contributed by atoms with Gasteiger partial charge in [0, 0.05) is 51.4 Å². The molecular weight excluding hydrogens is 316 g/mol. The van der Waals surface area contributed by atoms with E-state index in [1.165, 1.54) is 12.8 Å². The van der Waals surface area contributed by atoms with E-state index >= 15 is 0 Å². The second-order valence-electron chi connectivity index (χ2n) is 6.76. The molecule has 3 rings (SSSR count). The highest BCUT2D eigenvalue weighted by molar-refractivity contribution is 5.88. The molecule has 1 aromatic rings. The van der Waals surface area contributed by atoms with Crippen molar-refractivity contribution < 1.29 is 9.59 Å². The normalized spacial score (nSPS) is 18.2. The zero-order valence-electron chi connectivity index (χ0n) is 14.8. The zero-order chi connectivity index (χ0) is 17.6. The number of carbonyl (C=O) groups is 2. The molecule has 1 N–H and O–H groups in total. The summed E-state index contributed by atoms with van der Waals surface area (Å²) < 4.78 is 0. The van der Waals surface area contributed by atoms with Crippen LogP contribution in [0, 0.1) is 5.92 Å². The molecular formula is C19H26N4O2. The first-order valence-electron chi connectivity index (χ1n) is 9.03. The molecule has 0 spiro atoms. The van der Waals surface area contributed by atoms with Crippen molar-refractivity contribution in [2.75, 3.05) is 37.6 Å². The second kappa shape index (κ2) is 8.14. The predicted molar refractivity (Wildman–Crippen MR) is 97.1 cm³/mol. The first-order valence-corrected chi connectivity index (χ1v) is 9.03. The van der Waals surface area contributed by atoms with E-state index in [-0.39, 0.29) is 11.8 Å². The maximum absolute atomic E-state index is 12.3. The highest BCUT2D eigenvalue weighted by Crippen LogP contribution is 2.35. The molecule has 2 aliphatic rings. The van der Waals surface area contributed by atoms with Gasteiger partial charge in [-0.2, -0.15) is 0 Å². The maximum Gasteiger partial charge on any atom is 0.243 e. The van der Waals surface area contributed by atoms with Gasteiger partial charge in [0.25, 0.3) is 0 Å². The summed E-state index contributed by atoms with van der Waals surface area (Å²) in [5, 5.41) is 2.82. The van der Waals surface area contributed by atoms with Crippen LogP contribution in [0.1, 0.15) is 26.2 Å². The van der Waals surface area contributed by atoms with Crippen molar-refractivity contribution in [2.45, 2.75) is 26.2 Å². The average molecular weight is 342 g/mol. The number of pyridine rings is 1. The maximum atomic E-state index is 12.3. The highest BCUT2D eigenvalue weighted by atomic mass is 16.2. The lowest BCUT2D eigenvalue weighted by atomic mass is 10.2. The number of nitrogens with one attached hydrogen (secondary N) is 1. The van der Waals surface area contributed by atoms with Crippen molar-refractivity contribution in [3.05, 3.63) is 36.0 Å². The number of allylic oxidation sites excluding steroid dienone is 1. The summed E-state index contributed by atoms with van der Waals surface area (Å²) in [6.45, 7) is 5.38. The number of nitrogens with zero attached hydrogens (tertiary/aromatic N) is 3. The minimum Gasteiger partial charge on any atom is -0.353 e. The summed E-state index contributed by atoms with van der Waals surface area (Å²) in [5.41, 5.74) is 1.15. The Morgan fingerprint density at radius 3 is 2.64 bits per heavy atom. The Bertz CT molecular complexity index is 632. The Morgan fingerprint density at radius 1 is 1.24 bits per heavy atom. The highest BCUT2D eigenvalue weighted by Gasteiger charge is 2.24. The molecule has 0 radical (unpaired) electrons. The molecule has 1 saturated heterocycles. The van der Waals surface area contributed by atoms with Gasteiger partial charge < -0.3 is 15.1 Å². The molecule has 2 fully saturated rings. The monoisotopic (exact) mass is 342 g/mol. The average Bonchev–Trinajstić information content (AvgIpc) is 3.48. The third kappa shape index (κ3) is 5.05. The molecule has 0 aromatic carbocycles. The van der Waals surface area contributed by atoms with E-state index in [0.29, 0.717) is 32.0 Å². The molecule has 0 unspecified atom stereocenters. The summed E-state index contributed by atoms with van der Waals surface area (Å²) >= 11 is 0. The number of carbonyl (C=O) groups excluding carboxylic acids is 2. The molecule has 0 atom stereocenters. The van der Waals surface area contributed by atoms with Gasteiger partial charge in [-0.3, -0.25) is 9.59 Å². The van der Waals surface area contributed by atoms with E-state index in [1.54, 1.807) is 12.3 Å². The van der Waals surface area contributed by atoms with Crippen LogP contribution >= 0.6 is 0 Å². The Morgan fingerprint density at radius 2 is 2.00 bits per heavy atom. The summed E-state index contributed by atoms with van der Waals surface area (Å²) in [4.78, 5) is 32.5. The third-order valence-corrected chi connectivity index (χ3v) is 4.82. The fourth-order valence-electron chi connectivity index (χ4n) is 3.09. The SMILES string of the molecule is C/C(=C\C(=O)NCCC(=O)N1CCN(c2ccccn2)CC1)C1CC1. The number of hydrogen-bond acceptors (Lipinski definition) is 4. The Kier molecular flexibility index (Phi) is 5.68. The smallest absolute Gasteiger partial charge is 0.243 e. The minimum absolute atomic E-state index is 0.0860. The zero-order valence-corrected chi connectivity index (χ0v) is 14.8. The van der Waals surface area contributed by atoms with E-state index in [9.17, 15) is 9.59 Å². The van der Waals surface area contributed by atoms with Gasteiger partial charge in [-0.25, -0.2) is 4.98 Å². The van der Waals surface area contributed by atoms with Crippen LogP contribution in [0.25, 0.3) is 0 Å². The lowest BCUT2D eigenvalue weighted by Gasteiger charge is -2.35. The van der Waals surface area contributed by atoms with Gasteiger partial charge >= 0.3 is 0 Å². The first-order chi connectivity index (χ1) is 12.1. The number of anilines is 1. The third-order valence-electron chi connectivity index (χ3n) is 4.82. The molecule has 2 amide bonds. The lowest BCUT2D eigenvalue weighted by Crippen LogP contribution is -2.49. The van der Waals surface area contributed by atoms with Crippen LogP contribution in [-0.4, -0.2) is 54.4 Å². The number of piperazine rings is 1. The van der Waals surface area contributed by atoms with Crippen molar-refractivity contribution in [1.29, 1.82) is 0 Å². The minimum atomic E-state index is -0.0860.